The highest BCUT2D eigenvalue weighted by Gasteiger charge is 2.25. The molecule has 0 saturated heterocycles. The molecule has 1 heterocycles. The second kappa shape index (κ2) is 9.54. The van der Waals surface area contributed by atoms with E-state index in [1.165, 1.54) is 11.1 Å². The predicted octanol–water partition coefficient (Wildman–Crippen LogP) is 5.67. The second-order valence-electron chi connectivity index (χ2n) is 7.23. The van der Waals surface area contributed by atoms with Crippen molar-refractivity contribution in [2.45, 2.75) is 26.0 Å². The Morgan fingerprint density at radius 1 is 0.967 bits per heavy atom. The van der Waals surface area contributed by atoms with Crippen molar-refractivity contribution in [2.24, 2.45) is 0 Å². The number of hydrogen-bond acceptors (Lipinski definition) is 4. The second-order valence-corrected chi connectivity index (χ2v) is 8.08. The highest BCUT2D eigenvalue weighted by Crippen LogP contribution is 2.40. The lowest BCUT2D eigenvalue weighted by molar-refractivity contribution is 0.284. The average molecular weight is 468 g/mol. The van der Waals surface area contributed by atoms with Gasteiger partial charge in [0.15, 0.2) is 11.5 Å². The molecule has 30 heavy (non-hydrogen) atoms. The molecule has 156 valence electrons. The lowest BCUT2D eigenvalue weighted by Crippen LogP contribution is -2.30. The number of fused-ring (bicyclic) bond motifs is 1. The minimum absolute atomic E-state index is 0.0795. The van der Waals surface area contributed by atoms with Gasteiger partial charge >= 0.3 is 0 Å². The lowest BCUT2D eigenvalue weighted by Gasteiger charge is -2.29. The van der Waals surface area contributed by atoms with Crippen molar-refractivity contribution < 1.29 is 14.2 Å². The molecular weight excluding hydrogens is 442 g/mol. The average Bonchev–Trinajstić information content (AvgIpc) is 2.78. The Morgan fingerprint density at radius 2 is 1.80 bits per heavy atom. The molecule has 0 amide bonds. The van der Waals surface area contributed by atoms with Gasteiger partial charge in [-0.2, -0.15) is 0 Å². The number of methoxy groups -OCH3 is 1. The summed E-state index contributed by atoms with van der Waals surface area (Å²) in [5.74, 6) is 2.38. The Morgan fingerprint density at radius 3 is 2.57 bits per heavy atom. The van der Waals surface area contributed by atoms with E-state index in [0.717, 1.165) is 45.8 Å². The van der Waals surface area contributed by atoms with Crippen molar-refractivity contribution in [2.75, 3.05) is 20.3 Å². The van der Waals surface area contributed by atoms with Crippen LogP contribution in [-0.2, 0) is 13.0 Å². The van der Waals surface area contributed by atoms with Crippen LogP contribution in [0.2, 0.25) is 0 Å². The Balaban J connectivity index is 1.62. The number of nitrogens with one attached hydrogen (secondary N) is 1. The summed E-state index contributed by atoms with van der Waals surface area (Å²) in [5.41, 5.74) is 4.84. The van der Waals surface area contributed by atoms with Crippen LogP contribution in [0.5, 0.6) is 17.2 Å². The van der Waals surface area contributed by atoms with Gasteiger partial charge in [-0.1, -0.05) is 52.3 Å². The standard InChI is InChI=1S/C25H26BrNO3/c1-3-29-19-9-10-20-18(13-19)11-12-27-25(20)21-14-23(28-2)24(15-22(21)26)30-16-17-7-5-4-6-8-17/h4-10,13-15,25,27H,3,11-12,16H2,1-2H3. The highest BCUT2D eigenvalue weighted by atomic mass is 79.9. The van der Waals surface area contributed by atoms with E-state index in [0.29, 0.717) is 13.2 Å². The van der Waals surface area contributed by atoms with E-state index in [9.17, 15) is 0 Å². The number of halogens is 1. The van der Waals surface area contributed by atoms with Gasteiger partial charge in [-0.25, -0.2) is 0 Å². The van der Waals surface area contributed by atoms with Crippen LogP contribution in [0.4, 0.5) is 0 Å². The highest BCUT2D eigenvalue weighted by molar-refractivity contribution is 9.10. The Hall–Kier alpha value is -2.50. The number of rotatable bonds is 7. The van der Waals surface area contributed by atoms with Crippen molar-refractivity contribution >= 4 is 15.9 Å². The zero-order valence-electron chi connectivity index (χ0n) is 17.3. The Labute approximate surface area is 186 Å². The molecule has 4 rings (SSSR count). The van der Waals surface area contributed by atoms with Crippen molar-refractivity contribution in [1.29, 1.82) is 0 Å². The molecule has 3 aromatic rings. The summed E-state index contributed by atoms with van der Waals surface area (Å²) in [6.45, 7) is 4.09. The quantitative estimate of drug-likeness (QED) is 0.485. The Bertz CT molecular complexity index is 1010. The summed E-state index contributed by atoms with van der Waals surface area (Å²) in [4.78, 5) is 0. The molecule has 0 saturated carbocycles. The number of hydrogen-bond donors (Lipinski definition) is 1. The van der Waals surface area contributed by atoms with Crippen molar-refractivity contribution in [3.8, 4) is 17.2 Å². The molecule has 1 unspecified atom stereocenters. The number of ether oxygens (including phenoxy) is 3. The molecule has 1 aliphatic heterocycles. The minimum Gasteiger partial charge on any atom is -0.494 e. The van der Waals surface area contributed by atoms with Gasteiger partial charge in [0.1, 0.15) is 12.4 Å². The molecule has 4 nitrogen and oxygen atoms in total. The summed E-state index contributed by atoms with van der Waals surface area (Å²) in [6, 6.07) is 20.6. The zero-order chi connectivity index (χ0) is 20.9. The van der Waals surface area contributed by atoms with Crippen LogP contribution in [0.3, 0.4) is 0 Å². The zero-order valence-corrected chi connectivity index (χ0v) is 18.9. The van der Waals surface area contributed by atoms with Crippen LogP contribution in [0.25, 0.3) is 0 Å². The molecule has 5 heteroatoms. The molecule has 0 bridgehead atoms. The molecule has 3 aromatic carbocycles. The van der Waals surface area contributed by atoms with Gasteiger partial charge in [0.05, 0.1) is 19.8 Å². The van der Waals surface area contributed by atoms with Crippen LogP contribution in [0.15, 0.2) is 65.1 Å². The summed E-state index contributed by atoms with van der Waals surface area (Å²) in [6.07, 6.45) is 0.986. The summed E-state index contributed by atoms with van der Waals surface area (Å²) < 4.78 is 18.4. The van der Waals surface area contributed by atoms with Crippen LogP contribution >= 0.6 is 15.9 Å². The Kier molecular flexibility index (Phi) is 6.60. The molecule has 0 aromatic heterocycles. The smallest absolute Gasteiger partial charge is 0.162 e. The van der Waals surface area contributed by atoms with Crippen molar-refractivity contribution in [3.63, 3.8) is 0 Å². The van der Waals surface area contributed by atoms with Gasteiger partial charge in [-0.05, 0) is 59.9 Å². The van der Waals surface area contributed by atoms with E-state index < -0.39 is 0 Å². The first kappa shape index (κ1) is 20.8. The maximum atomic E-state index is 6.06. The molecule has 1 aliphatic rings. The van der Waals surface area contributed by atoms with Crippen LogP contribution in [0.1, 0.15) is 35.2 Å². The third-order valence-corrected chi connectivity index (χ3v) is 6.00. The van der Waals surface area contributed by atoms with Crippen LogP contribution < -0.4 is 19.5 Å². The first-order valence-electron chi connectivity index (χ1n) is 10.2. The lowest BCUT2D eigenvalue weighted by atomic mass is 9.89. The van der Waals surface area contributed by atoms with Gasteiger partial charge in [-0.3, -0.25) is 0 Å². The normalized spacial score (nSPS) is 15.4. The molecule has 0 radical (unpaired) electrons. The summed E-state index contributed by atoms with van der Waals surface area (Å²) >= 11 is 3.76. The third kappa shape index (κ3) is 4.47. The van der Waals surface area contributed by atoms with Crippen LogP contribution in [-0.4, -0.2) is 20.3 Å². The topological polar surface area (TPSA) is 39.7 Å². The SMILES string of the molecule is CCOc1ccc2c(c1)CCNC2c1cc(OC)c(OCc2ccccc2)cc1Br. The fourth-order valence-electron chi connectivity index (χ4n) is 3.86. The van der Waals surface area contributed by atoms with Gasteiger partial charge in [-0.15, -0.1) is 0 Å². The van der Waals surface area contributed by atoms with E-state index in [1.807, 2.05) is 37.3 Å². The maximum Gasteiger partial charge on any atom is 0.162 e. The van der Waals surface area contributed by atoms with E-state index >= 15 is 0 Å². The molecule has 0 fully saturated rings. The third-order valence-electron chi connectivity index (χ3n) is 5.31. The molecule has 0 spiro atoms. The van der Waals surface area contributed by atoms with E-state index in [-0.39, 0.29) is 6.04 Å². The molecule has 1 N–H and O–H groups in total. The molecule has 0 aliphatic carbocycles. The van der Waals surface area contributed by atoms with E-state index in [1.54, 1.807) is 7.11 Å². The van der Waals surface area contributed by atoms with E-state index in [4.69, 9.17) is 14.2 Å². The maximum absolute atomic E-state index is 6.06. The van der Waals surface area contributed by atoms with Crippen molar-refractivity contribution in [1.82, 2.24) is 5.32 Å². The van der Waals surface area contributed by atoms with Gasteiger partial charge in [0, 0.05) is 11.0 Å². The summed E-state index contributed by atoms with van der Waals surface area (Å²) in [7, 11) is 1.68. The molecule has 1 atom stereocenters. The predicted molar refractivity (Wildman–Crippen MR) is 123 cm³/mol. The largest absolute Gasteiger partial charge is 0.494 e. The fraction of sp³-hybridized carbons (Fsp3) is 0.280. The van der Waals surface area contributed by atoms with Crippen LogP contribution in [0, 0.1) is 0 Å². The van der Waals surface area contributed by atoms with E-state index in [2.05, 4.69) is 51.6 Å². The van der Waals surface area contributed by atoms with Gasteiger partial charge in [0.2, 0.25) is 0 Å². The fourth-order valence-corrected chi connectivity index (χ4v) is 4.41. The van der Waals surface area contributed by atoms with Gasteiger partial charge < -0.3 is 19.5 Å². The summed E-state index contributed by atoms with van der Waals surface area (Å²) in [5, 5.41) is 3.65. The monoisotopic (exact) mass is 467 g/mol. The first-order valence-corrected chi connectivity index (χ1v) is 11.0. The van der Waals surface area contributed by atoms with Gasteiger partial charge in [0.25, 0.3) is 0 Å². The molecular formula is C25H26BrNO3. The minimum atomic E-state index is 0.0795. The van der Waals surface area contributed by atoms with Crippen molar-refractivity contribution in [3.05, 3.63) is 87.4 Å². The first-order chi connectivity index (χ1) is 14.7. The number of benzene rings is 3.